The maximum Gasteiger partial charge on any atom is 0.222 e. The lowest BCUT2D eigenvalue weighted by Gasteiger charge is -2.43. The Morgan fingerprint density at radius 3 is 2.32 bits per heavy atom. The van der Waals surface area contributed by atoms with Crippen LogP contribution in [-0.4, -0.2) is 29.9 Å². The van der Waals surface area contributed by atoms with E-state index in [-0.39, 0.29) is 18.4 Å². The number of amides is 1. The molecule has 0 aromatic heterocycles. The van der Waals surface area contributed by atoms with Gasteiger partial charge in [0, 0.05) is 25.6 Å². The molecule has 0 unspecified atom stereocenters. The van der Waals surface area contributed by atoms with Crippen molar-refractivity contribution in [2.75, 3.05) is 13.1 Å². The monoisotopic (exact) mass is 328 g/mol. The number of hydrogen-bond acceptors (Lipinski definition) is 2. The van der Waals surface area contributed by atoms with Gasteiger partial charge in [-0.1, -0.05) is 32.1 Å². The Morgan fingerprint density at radius 1 is 1.00 bits per heavy atom. The van der Waals surface area contributed by atoms with Crippen molar-refractivity contribution in [3.05, 3.63) is 0 Å². The van der Waals surface area contributed by atoms with Crippen molar-refractivity contribution in [3.63, 3.8) is 0 Å². The second-order valence-corrected chi connectivity index (χ2v) is 7.89. The highest BCUT2D eigenvalue weighted by atomic mass is 35.5. The molecule has 0 bridgehead atoms. The molecule has 3 aliphatic rings. The summed E-state index contributed by atoms with van der Waals surface area (Å²) in [4.78, 5) is 14.9. The fraction of sp³-hybridized carbons (Fsp3) is 0.944. The number of hydrogen-bond donors (Lipinski definition) is 1. The Balaban J connectivity index is 0.00000176. The van der Waals surface area contributed by atoms with E-state index in [2.05, 4.69) is 4.90 Å². The molecule has 2 N–H and O–H groups in total. The average Bonchev–Trinajstić information content (AvgIpc) is 2.75. The summed E-state index contributed by atoms with van der Waals surface area (Å²) in [5.74, 6) is 0.838. The largest absolute Gasteiger partial charge is 0.342 e. The lowest BCUT2D eigenvalue weighted by Crippen LogP contribution is -2.46. The molecule has 1 amide bonds. The summed E-state index contributed by atoms with van der Waals surface area (Å²) in [6.07, 6.45) is 15.0. The summed E-state index contributed by atoms with van der Waals surface area (Å²) >= 11 is 0. The maximum atomic E-state index is 12.7. The number of nitrogens with two attached hydrogens (primary N) is 1. The third-order valence-corrected chi connectivity index (χ3v) is 6.33. The summed E-state index contributed by atoms with van der Waals surface area (Å²) in [5.41, 5.74) is 6.60. The van der Waals surface area contributed by atoms with Crippen molar-refractivity contribution < 1.29 is 4.79 Å². The summed E-state index contributed by atoms with van der Waals surface area (Å²) in [5, 5.41) is 0. The van der Waals surface area contributed by atoms with Crippen molar-refractivity contribution in [2.24, 2.45) is 17.1 Å². The summed E-state index contributed by atoms with van der Waals surface area (Å²) < 4.78 is 0. The SMILES string of the molecule is Cl.N[C@@H]1CCC[C@H]1CC(=O)N1CCCC2(CCCCCC2)C1. The van der Waals surface area contributed by atoms with Crippen LogP contribution in [0.4, 0.5) is 0 Å². The molecule has 0 aromatic carbocycles. The lowest BCUT2D eigenvalue weighted by atomic mass is 9.74. The number of carbonyl (C=O) groups is 1. The van der Waals surface area contributed by atoms with Gasteiger partial charge in [0.25, 0.3) is 0 Å². The van der Waals surface area contributed by atoms with Crippen LogP contribution in [-0.2, 0) is 4.79 Å². The zero-order valence-corrected chi connectivity index (χ0v) is 14.7. The molecule has 3 nitrogen and oxygen atoms in total. The van der Waals surface area contributed by atoms with Gasteiger partial charge < -0.3 is 10.6 Å². The number of halogens is 1. The van der Waals surface area contributed by atoms with Gasteiger partial charge in [0.05, 0.1) is 0 Å². The normalized spacial score (nSPS) is 31.6. The van der Waals surface area contributed by atoms with Crippen LogP contribution in [0.15, 0.2) is 0 Å². The molecule has 1 spiro atoms. The first-order chi connectivity index (χ1) is 10.2. The fourth-order valence-electron chi connectivity index (χ4n) is 4.98. The minimum Gasteiger partial charge on any atom is -0.342 e. The molecule has 1 saturated heterocycles. The molecule has 1 aliphatic heterocycles. The predicted octanol–water partition coefficient (Wildman–Crippen LogP) is 3.89. The molecule has 0 aromatic rings. The Hall–Kier alpha value is -0.280. The van der Waals surface area contributed by atoms with E-state index in [1.165, 1.54) is 57.8 Å². The molecule has 3 rings (SSSR count). The number of nitrogens with zero attached hydrogens (tertiary/aromatic N) is 1. The molecular formula is C18H33ClN2O. The molecule has 4 heteroatoms. The van der Waals surface area contributed by atoms with Crippen LogP contribution in [0.25, 0.3) is 0 Å². The Labute approximate surface area is 141 Å². The van der Waals surface area contributed by atoms with Gasteiger partial charge in [-0.05, 0) is 49.9 Å². The Morgan fingerprint density at radius 2 is 1.68 bits per heavy atom. The van der Waals surface area contributed by atoms with Crippen LogP contribution in [0.3, 0.4) is 0 Å². The maximum absolute atomic E-state index is 12.7. The van der Waals surface area contributed by atoms with Crippen molar-refractivity contribution in [2.45, 2.75) is 83.1 Å². The molecular weight excluding hydrogens is 296 g/mol. The summed E-state index contributed by atoms with van der Waals surface area (Å²) in [6.45, 7) is 2.02. The van der Waals surface area contributed by atoms with Crippen LogP contribution < -0.4 is 5.73 Å². The molecule has 1 heterocycles. The van der Waals surface area contributed by atoms with E-state index in [0.29, 0.717) is 23.7 Å². The first kappa shape index (κ1) is 18.1. The number of carbonyl (C=O) groups excluding carboxylic acids is 1. The van der Waals surface area contributed by atoms with Gasteiger partial charge in [-0.15, -0.1) is 12.4 Å². The first-order valence-corrected chi connectivity index (χ1v) is 9.22. The van der Waals surface area contributed by atoms with Crippen LogP contribution in [0, 0.1) is 11.3 Å². The predicted molar refractivity (Wildman–Crippen MR) is 93.1 cm³/mol. The summed E-state index contributed by atoms with van der Waals surface area (Å²) in [7, 11) is 0. The minimum atomic E-state index is 0. The van der Waals surface area contributed by atoms with Gasteiger partial charge in [-0.3, -0.25) is 4.79 Å². The molecule has 128 valence electrons. The molecule has 0 radical (unpaired) electrons. The fourth-order valence-corrected chi connectivity index (χ4v) is 4.98. The number of likely N-dealkylation sites (tertiary alicyclic amines) is 1. The van der Waals surface area contributed by atoms with Crippen molar-refractivity contribution in [3.8, 4) is 0 Å². The minimum absolute atomic E-state index is 0. The van der Waals surface area contributed by atoms with Gasteiger partial charge in [0.2, 0.25) is 5.91 Å². The third kappa shape index (κ3) is 4.17. The van der Waals surface area contributed by atoms with E-state index in [1.807, 2.05) is 0 Å². The third-order valence-electron chi connectivity index (χ3n) is 6.33. The highest BCUT2D eigenvalue weighted by Gasteiger charge is 2.38. The molecule has 2 saturated carbocycles. The standard InChI is InChI=1S/C18H32N2O.ClH/c19-16-8-5-7-15(16)13-17(21)20-12-6-11-18(14-20)9-3-1-2-4-10-18;/h15-16H,1-14,19H2;1H/t15-,16+;/m0./s1. The molecule has 2 aliphatic carbocycles. The van der Waals surface area contributed by atoms with E-state index < -0.39 is 0 Å². The zero-order chi connectivity index (χ0) is 14.7. The van der Waals surface area contributed by atoms with Crippen LogP contribution >= 0.6 is 12.4 Å². The first-order valence-electron chi connectivity index (χ1n) is 9.22. The number of rotatable bonds is 2. The van der Waals surface area contributed by atoms with Gasteiger partial charge in [-0.2, -0.15) is 0 Å². The van der Waals surface area contributed by atoms with Crippen LogP contribution in [0.1, 0.15) is 77.0 Å². The Bertz CT molecular complexity index is 366. The highest BCUT2D eigenvalue weighted by Crippen LogP contribution is 2.42. The highest BCUT2D eigenvalue weighted by molar-refractivity contribution is 5.85. The van der Waals surface area contributed by atoms with E-state index in [1.54, 1.807) is 0 Å². The molecule has 22 heavy (non-hydrogen) atoms. The average molecular weight is 329 g/mol. The van der Waals surface area contributed by atoms with Crippen molar-refractivity contribution >= 4 is 18.3 Å². The van der Waals surface area contributed by atoms with Gasteiger partial charge in [-0.25, -0.2) is 0 Å². The zero-order valence-electron chi connectivity index (χ0n) is 13.9. The molecule has 3 fully saturated rings. The molecule has 2 atom stereocenters. The van der Waals surface area contributed by atoms with Gasteiger partial charge in [0.1, 0.15) is 0 Å². The van der Waals surface area contributed by atoms with Crippen LogP contribution in [0.5, 0.6) is 0 Å². The van der Waals surface area contributed by atoms with Gasteiger partial charge >= 0.3 is 0 Å². The lowest BCUT2D eigenvalue weighted by molar-refractivity contribution is -0.136. The quantitative estimate of drug-likeness (QED) is 0.836. The van der Waals surface area contributed by atoms with Crippen molar-refractivity contribution in [1.82, 2.24) is 4.90 Å². The summed E-state index contributed by atoms with van der Waals surface area (Å²) in [6, 6.07) is 0.269. The van der Waals surface area contributed by atoms with Gasteiger partial charge in [0.15, 0.2) is 0 Å². The number of piperidine rings is 1. The van der Waals surface area contributed by atoms with Crippen molar-refractivity contribution in [1.29, 1.82) is 0 Å². The second kappa shape index (κ2) is 8.01. The van der Waals surface area contributed by atoms with E-state index in [4.69, 9.17) is 5.73 Å². The van der Waals surface area contributed by atoms with E-state index in [0.717, 1.165) is 25.9 Å². The second-order valence-electron chi connectivity index (χ2n) is 7.89. The van der Waals surface area contributed by atoms with E-state index >= 15 is 0 Å². The topological polar surface area (TPSA) is 46.3 Å². The van der Waals surface area contributed by atoms with E-state index in [9.17, 15) is 4.79 Å². The smallest absolute Gasteiger partial charge is 0.222 e. The van der Waals surface area contributed by atoms with Crippen LogP contribution in [0.2, 0.25) is 0 Å². The Kier molecular flexibility index (Phi) is 6.58.